The highest BCUT2D eigenvalue weighted by Gasteiger charge is 2.20. The minimum Gasteiger partial charge on any atom is -0.312 e. The maximum absolute atomic E-state index is 12.5. The first kappa shape index (κ1) is 18.9. The fourth-order valence-corrected chi connectivity index (χ4v) is 2.09. The average molecular weight is 330 g/mol. The zero-order chi connectivity index (χ0) is 18.4. The van der Waals surface area contributed by atoms with Crippen LogP contribution in [0.2, 0.25) is 0 Å². The summed E-state index contributed by atoms with van der Waals surface area (Å²) < 4.78 is 2.45. The first-order valence-electron chi connectivity index (χ1n) is 7.37. The Bertz CT molecular complexity index is 753. The third-order valence-corrected chi connectivity index (χ3v) is 3.41. The van der Waals surface area contributed by atoms with E-state index in [2.05, 4.69) is 4.85 Å². The van der Waals surface area contributed by atoms with Gasteiger partial charge in [-0.05, 0) is 13.8 Å². The second-order valence-electron chi connectivity index (χ2n) is 5.72. The topological polar surface area (TPSA) is 118 Å². The van der Waals surface area contributed by atoms with Crippen LogP contribution in [0.3, 0.4) is 0 Å². The molecule has 3 atom stereocenters. The number of hydrogen-bond donors (Lipinski definition) is 0. The second kappa shape index (κ2) is 7.94. The van der Waals surface area contributed by atoms with Crippen molar-refractivity contribution in [3.63, 3.8) is 0 Å². The summed E-state index contributed by atoms with van der Waals surface area (Å²) in [5.74, 6) is -1.22. The first-order chi connectivity index (χ1) is 11.3. The Morgan fingerprint density at radius 3 is 1.50 bits per heavy atom. The van der Waals surface area contributed by atoms with Gasteiger partial charge >= 0.3 is 17.1 Å². The molecule has 24 heavy (non-hydrogen) atoms. The van der Waals surface area contributed by atoms with Crippen molar-refractivity contribution in [3.8, 4) is 12.1 Å². The molecular formula is C15H18N6O3. The summed E-state index contributed by atoms with van der Waals surface area (Å²) in [4.78, 5) is 40.6. The van der Waals surface area contributed by atoms with Crippen LogP contribution in [0.5, 0.6) is 0 Å². The summed E-state index contributed by atoms with van der Waals surface area (Å²) >= 11 is 0. The SMILES string of the molecule is [C-]#[N+]C(C)Cn1c(=O)n(CC(C)C#N)c(=O)n(CC(C)C#N)c1=O. The van der Waals surface area contributed by atoms with Gasteiger partial charge in [-0.25, -0.2) is 34.7 Å². The van der Waals surface area contributed by atoms with Crippen molar-refractivity contribution in [2.75, 3.05) is 0 Å². The zero-order valence-corrected chi connectivity index (χ0v) is 13.8. The van der Waals surface area contributed by atoms with Gasteiger partial charge in [0.15, 0.2) is 0 Å². The fourth-order valence-electron chi connectivity index (χ4n) is 2.09. The van der Waals surface area contributed by atoms with Crippen LogP contribution in [-0.2, 0) is 19.6 Å². The zero-order valence-electron chi connectivity index (χ0n) is 13.8. The van der Waals surface area contributed by atoms with Crippen LogP contribution in [0.4, 0.5) is 0 Å². The van der Waals surface area contributed by atoms with Crippen LogP contribution in [0.25, 0.3) is 4.85 Å². The Kier molecular flexibility index (Phi) is 6.26. The molecule has 9 heteroatoms. The highest BCUT2D eigenvalue weighted by molar-refractivity contribution is 4.88. The van der Waals surface area contributed by atoms with E-state index in [-0.39, 0.29) is 19.6 Å². The molecule has 0 radical (unpaired) electrons. The smallest absolute Gasteiger partial charge is 0.312 e. The van der Waals surface area contributed by atoms with Crippen LogP contribution in [-0.4, -0.2) is 19.7 Å². The molecule has 0 N–H and O–H groups in total. The van der Waals surface area contributed by atoms with Gasteiger partial charge in [0.05, 0.1) is 24.0 Å². The summed E-state index contributed by atoms with van der Waals surface area (Å²) in [6.45, 7) is 11.1. The first-order valence-corrected chi connectivity index (χ1v) is 7.37. The highest BCUT2D eigenvalue weighted by Crippen LogP contribution is 1.97. The van der Waals surface area contributed by atoms with E-state index >= 15 is 0 Å². The maximum Gasteiger partial charge on any atom is 0.336 e. The van der Waals surface area contributed by atoms with E-state index in [0.29, 0.717) is 0 Å². The summed E-state index contributed by atoms with van der Waals surface area (Å²) in [7, 11) is 0. The lowest BCUT2D eigenvalue weighted by atomic mass is 10.2. The predicted octanol–water partition coefficient (Wildman–Crippen LogP) is -0.201. The number of rotatable bonds is 6. The monoisotopic (exact) mass is 330 g/mol. The standard InChI is InChI=1S/C15H18N6O3/c1-10(5-16)7-19-13(22)20(8-11(2)6-17)15(24)21(14(19)23)9-12(3)18-4/h10-12H,7-9H2,1-3H3. The summed E-state index contributed by atoms with van der Waals surface area (Å²) in [6, 6.07) is 3.23. The van der Waals surface area contributed by atoms with Crippen molar-refractivity contribution < 1.29 is 0 Å². The number of aromatic nitrogens is 3. The van der Waals surface area contributed by atoms with E-state index in [1.807, 2.05) is 12.1 Å². The van der Waals surface area contributed by atoms with Crippen LogP contribution in [0.1, 0.15) is 20.8 Å². The molecule has 0 spiro atoms. The van der Waals surface area contributed by atoms with E-state index < -0.39 is 34.9 Å². The van der Waals surface area contributed by atoms with E-state index in [0.717, 1.165) is 13.7 Å². The van der Waals surface area contributed by atoms with Crippen LogP contribution >= 0.6 is 0 Å². The highest BCUT2D eigenvalue weighted by atomic mass is 16.2. The quantitative estimate of drug-likeness (QED) is 0.669. The Balaban J connectivity index is 3.66. The normalized spacial score (nSPS) is 14.0. The average Bonchev–Trinajstić information content (AvgIpc) is 2.58. The molecule has 1 aromatic rings. The molecule has 0 aliphatic rings. The molecule has 0 amide bonds. The Hall–Kier alpha value is -3.12. The molecule has 0 fully saturated rings. The predicted molar refractivity (Wildman–Crippen MR) is 84.8 cm³/mol. The molecule has 1 aromatic heterocycles. The third-order valence-electron chi connectivity index (χ3n) is 3.41. The van der Waals surface area contributed by atoms with Crippen molar-refractivity contribution in [1.29, 1.82) is 10.5 Å². The number of nitriles is 2. The molecule has 1 heterocycles. The molecule has 0 aliphatic carbocycles. The van der Waals surface area contributed by atoms with E-state index in [4.69, 9.17) is 17.1 Å². The van der Waals surface area contributed by atoms with Gasteiger partial charge in [-0.2, -0.15) is 10.5 Å². The van der Waals surface area contributed by atoms with Gasteiger partial charge in [0.1, 0.15) is 6.54 Å². The van der Waals surface area contributed by atoms with Gasteiger partial charge in [-0.15, -0.1) is 0 Å². The second-order valence-corrected chi connectivity index (χ2v) is 5.72. The van der Waals surface area contributed by atoms with Gasteiger partial charge in [0.25, 0.3) is 0 Å². The van der Waals surface area contributed by atoms with E-state index in [1.54, 1.807) is 20.8 Å². The molecular weight excluding hydrogens is 312 g/mol. The van der Waals surface area contributed by atoms with Crippen molar-refractivity contribution in [2.24, 2.45) is 11.8 Å². The molecule has 0 aliphatic heterocycles. The molecule has 1 rings (SSSR count). The van der Waals surface area contributed by atoms with Crippen molar-refractivity contribution >= 4 is 0 Å². The molecule has 0 saturated heterocycles. The molecule has 3 unspecified atom stereocenters. The molecule has 0 aromatic carbocycles. The minimum absolute atomic E-state index is 0.163. The van der Waals surface area contributed by atoms with Crippen LogP contribution < -0.4 is 17.1 Å². The number of nitrogens with zero attached hydrogens (tertiary/aromatic N) is 6. The maximum atomic E-state index is 12.5. The summed E-state index contributed by atoms with van der Waals surface area (Å²) in [5.41, 5.74) is -2.53. The molecule has 0 saturated carbocycles. The lowest BCUT2D eigenvalue weighted by molar-refractivity contribution is 0.403. The van der Waals surface area contributed by atoms with E-state index in [1.165, 1.54) is 0 Å². The molecule has 0 bridgehead atoms. The van der Waals surface area contributed by atoms with Crippen LogP contribution in [0, 0.1) is 41.1 Å². The Morgan fingerprint density at radius 1 is 0.875 bits per heavy atom. The van der Waals surface area contributed by atoms with Gasteiger partial charge in [0, 0.05) is 20.0 Å². The molecule has 126 valence electrons. The van der Waals surface area contributed by atoms with E-state index in [9.17, 15) is 14.4 Å². The lowest BCUT2D eigenvalue weighted by Crippen LogP contribution is -2.56. The summed E-state index contributed by atoms with van der Waals surface area (Å²) in [5, 5.41) is 17.8. The fraction of sp³-hybridized carbons (Fsp3) is 0.600. The van der Waals surface area contributed by atoms with Crippen LogP contribution in [0.15, 0.2) is 14.4 Å². The largest absolute Gasteiger partial charge is 0.336 e. The lowest BCUT2D eigenvalue weighted by Gasteiger charge is -2.15. The Morgan fingerprint density at radius 2 is 1.21 bits per heavy atom. The third kappa shape index (κ3) is 3.99. The van der Waals surface area contributed by atoms with Gasteiger partial charge < -0.3 is 4.85 Å². The summed E-state index contributed by atoms with van der Waals surface area (Å²) in [6.07, 6.45) is 0. The van der Waals surface area contributed by atoms with Gasteiger partial charge in [-0.1, -0.05) is 0 Å². The van der Waals surface area contributed by atoms with Gasteiger partial charge in [0.2, 0.25) is 6.04 Å². The van der Waals surface area contributed by atoms with Crippen molar-refractivity contribution in [1.82, 2.24) is 13.7 Å². The van der Waals surface area contributed by atoms with Gasteiger partial charge in [-0.3, -0.25) is 0 Å². The minimum atomic E-state index is -0.846. The molecule has 9 nitrogen and oxygen atoms in total. The van der Waals surface area contributed by atoms with Crippen molar-refractivity contribution in [3.05, 3.63) is 42.9 Å². The van der Waals surface area contributed by atoms with Crippen molar-refractivity contribution in [2.45, 2.75) is 46.4 Å². The number of hydrogen-bond acceptors (Lipinski definition) is 5. The Labute approximate surface area is 138 Å².